The van der Waals surface area contributed by atoms with Gasteiger partial charge < -0.3 is 4.74 Å². The SMILES string of the molecule is COc1ccc(NS(=O)(=O)c2ccc(Br)cc2)cc1C1CC=CCN1C. The molecule has 0 saturated carbocycles. The second-order valence-electron chi connectivity index (χ2n) is 6.18. The molecule has 1 atom stereocenters. The van der Waals surface area contributed by atoms with Crippen molar-refractivity contribution in [3.8, 4) is 5.75 Å². The normalized spacial score (nSPS) is 17.9. The number of benzene rings is 2. The lowest BCUT2D eigenvalue weighted by molar-refractivity contribution is 0.254. The van der Waals surface area contributed by atoms with Crippen LogP contribution in [0.3, 0.4) is 0 Å². The van der Waals surface area contributed by atoms with E-state index in [0.717, 1.165) is 28.8 Å². The van der Waals surface area contributed by atoms with Gasteiger partial charge in [0.25, 0.3) is 10.0 Å². The minimum Gasteiger partial charge on any atom is -0.496 e. The summed E-state index contributed by atoms with van der Waals surface area (Å²) in [7, 11) is 0.0261. The van der Waals surface area contributed by atoms with Gasteiger partial charge >= 0.3 is 0 Å². The molecule has 1 N–H and O–H groups in total. The standard InChI is InChI=1S/C19H21BrN2O3S/c1-22-12-4-3-5-18(22)17-13-15(8-11-19(17)25-2)21-26(23,24)16-9-6-14(20)7-10-16/h3-4,6-11,13,18,21H,5,12H2,1-2H3. The van der Waals surface area contributed by atoms with E-state index in [9.17, 15) is 8.42 Å². The van der Waals surface area contributed by atoms with Crippen LogP contribution in [0.25, 0.3) is 0 Å². The summed E-state index contributed by atoms with van der Waals surface area (Å²) in [6.45, 7) is 0.850. The van der Waals surface area contributed by atoms with Gasteiger partial charge in [-0.15, -0.1) is 0 Å². The van der Waals surface area contributed by atoms with Crippen molar-refractivity contribution in [1.82, 2.24) is 4.90 Å². The maximum atomic E-state index is 12.6. The molecule has 0 radical (unpaired) electrons. The highest BCUT2D eigenvalue weighted by atomic mass is 79.9. The van der Waals surface area contributed by atoms with Crippen molar-refractivity contribution >= 4 is 31.6 Å². The van der Waals surface area contributed by atoms with Gasteiger partial charge in [-0.2, -0.15) is 0 Å². The number of anilines is 1. The van der Waals surface area contributed by atoms with Crippen molar-refractivity contribution in [2.24, 2.45) is 0 Å². The summed E-state index contributed by atoms with van der Waals surface area (Å²) < 4.78 is 34.3. The quantitative estimate of drug-likeness (QED) is 0.713. The average molecular weight is 437 g/mol. The summed E-state index contributed by atoms with van der Waals surface area (Å²) in [5.74, 6) is 0.753. The van der Waals surface area contributed by atoms with Crippen molar-refractivity contribution in [1.29, 1.82) is 0 Å². The van der Waals surface area contributed by atoms with Crippen LogP contribution in [-0.2, 0) is 10.0 Å². The predicted octanol–water partition coefficient (Wildman–Crippen LogP) is 4.19. The van der Waals surface area contributed by atoms with Gasteiger partial charge in [-0.25, -0.2) is 8.42 Å². The van der Waals surface area contributed by atoms with Gasteiger partial charge in [-0.1, -0.05) is 28.1 Å². The number of ether oxygens (including phenoxy) is 1. The molecule has 7 heteroatoms. The molecule has 0 saturated heterocycles. The predicted molar refractivity (Wildman–Crippen MR) is 107 cm³/mol. The third-order valence-electron chi connectivity index (χ3n) is 4.42. The molecule has 2 aromatic rings. The monoisotopic (exact) mass is 436 g/mol. The van der Waals surface area contributed by atoms with Crippen LogP contribution < -0.4 is 9.46 Å². The molecule has 2 aromatic carbocycles. The largest absolute Gasteiger partial charge is 0.496 e. The highest BCUT2D eigenvalue weighted by Crippen LogP contribution is 2.35. The molecule has 0 bridgehead atoms. The molecule has 26 heavy (non-hydrogen) atoms. The van der Waals surface area contributed by atoms with Crippen LogP contribution in [0.15, 0.2) is 64.0 Å². The summed E-state index contributed by atoms with van der Waals surface area (Å²) in [5.41, 5.74) is 1.49. The Hall–Kier alpha value is -1.83. The summed E-state index contributed by atoms with van der Waals surface area (Å²) in [4.78, 5) is 2.43. The Morgan fingerprint density at radius 2 is 1.88 bits per heavy atom. The molecular weight excluding hydrogens is 416 g/mol. The molecule has 0 aliphatic carbocycles. The van der Waals surface area contributed by atoms with Crippen LogP contribution in [0, 0.1) is 0 Å². The zero-order valence-corrected chi connectivity index (χ0v) is 17.0. The van der Waals surface area contributed by atoms with Crippen molar-refractivity contribution < 1.29 is 13.2 Å². The molecular formula is C19H21BrN2O3S. The number of nitrogens with one attached hydrogen (secondary N) is 1. The van der Waals surface area contributed by atoms with Crippen molar-refractivity contribution in [3.05, 3.63) is 64.7 Å². The molecule has 0 fully saturated rings. The van der Waals surface area contributed by atoms with Gasteiger partial charge in [0.15, 0.2) is 0 Å². The first-order valence-electron chi connectivity index (χ1n) is 8.22. The third kappa shape index (κ3) is 4.11. The van der Waals surface area contributed by atoms with Gasteiger partial charge in [0.05, 0.1) is 12.0 Å². The molecule has 0 aromatic heterocycles. The van der Waals surface area contributed by atoms with E-state index in [1.807, 2.05) is 13.1 Å². The van der Waals surface area contributed by atoms with Gasteiger partial charge in [0.1, 0.15) is 5.75 Å². The number of nitrogens with zero attached hydrogens (tertiary/aromatic N) is 1. The van der Waals surface area contributed by atoms with E-state index in [1.54, 1.807) is 43.5 Å². The smallest absolute Gasteiger partial charge is 0.261 e. The Balaban J connectivity index is 1.92. The summed E-state index contributed by atoms with van der Waals surface area (Å²) in [6.07, 6.45) is 5.13. The maximum absolute atomic E-state index is 12.6. The lowest BCUT2D eigenvalue weighted by Crippen LogP contribution is -2.27. The number of hydrogen-bond acceptors (Lipinski definition) is 4. The highest BCUT2D eigenvalue weighted by molar-refractivity contribution is 9.10. The molecule has 0 spiro atoms. The second kappa shape index (κ2) is 7.82. The Labute approximate surface area is 162 Å². The molecule has 1 unspecified atom stereocenters. The Morgan fingerprint density at radius 1 is 1.15 bits per heavy atom. The Bertz CT molecular complexity index is 911. The number of hydrogen-bond donors (Lipinski definition) is 1. The number of halogens is 1. The molecule has 1 heterocycles. The number of methoxy groups -OCH3 is 1. The van der Waals surface area contributed by atoms with Crippen LogP contribution in [0.2, 0.25) is 0 Å². The van der Waals surface area contributed by atoms with Crippen molar-refractivity contribution in [2.75, 3.05) is 25.4 Å². The van der Waals surface area contributed by atoms with Crippen LogP contribution in [0.4, 0.5) is 5.69 Å². The molecule has 138 valence electrons. The van der Waals surface area contributed by atoms with Crippen molar-refractivity contribution in [3.63, 3.8) is 0 Å². The van der Waals surface area contributed by atoms with Gasteiger partial charge in [0.2, 0.25) is 0 Å². The van der Waals surface area contributed by atoms with Crippen LogP contribution >= 0.6 is 15.9 Å². The average Bonchev–Trinajstić information content (AvgIpc) is 2.62. The lowest BCUT2D eigenvalue weighted by Gasteiger charge is -2.31. The van der Waals surface area contributed by atoms with E-state index in [4.69, 9.17) is 4.74 Å². The minimum atomic E-state index is -3.65. The molecule has 5 nitrogen and oxygen atoms in total. The number of sulfonamides is 1. The van der Waals surface area contributed by atoms with Gasteiger partial charge in [-0.3, -0.25) is 9.62 Å². The zero-order chi connectivity index (χ0) is 18.7. The van der Waals surface area contributed by atoms with E-state index in [1.165, 1.54) is 0 Å². The Kier molecular flexibility index (Phi) is 5.70. The van der Waals surface area contributed by atoms with Crippen molar-refractivity contribution in [2.45, 2.75) is 17.4 Å². The van der Waals surface area contributed by atoms with E-state index in [2.05, 4.69) is 37.7 Å². The van der Waals surface area contributed by atoms with Gasteiger partial charge in [-0.05, 0) is 55.9 Å². The fourth-order valence-electron chi connectivity index (χ4n) is 3.02. The summed E-state index contributed by atoms with van der Waals surface area (Å²) in [6, 6.07) is 12.1. The minimum absolute atomic E-state index is 0.145. The van der Waals surface area contributed by atoms with Crippen LogP contribution in [0.5, 0.6) is 5.75 Å². The molecule has 1 aliphatic heterocycles. The molecule has 1 aliphatic rings. The second-order valence-corrected chi connectivity index (χ2v) is 8.78. The first kappa shape index (κ1) is 18.9. The fourth-order valence-corrected chi connectivity index (χ4v) is 4.34. The van der Waals surface area contributed by atoms with Gasteiger partial charge in [0, 0.05) is 28.3 Å². The lowest BCUT2D eigenvalue weighted by atomic mass is 9.98. The molecule has 3 rings (SSSR count). The fraction of sp³-hybridized carbons (Fsp3) is 0.263. The van der Waals surface area contributed by atoms with E-state index in [-0.39, 0.29) is 10.9 Å². The zero-order valence-electron chi connectivity index (χ0n) is 14.6. The first-order valence-corrected chi connectivity index (χ1v) is 10.5. The van der Waals surface area contributed by atoms with E-state index in [0.29, 0.717) is 5.69 Å². The number of rotatable bonds is 5. The van der Waals surface area contributed by atoms with E-state index >= 15 is 0 Å². The Morgan fingerprint density at radius 3 is 2.54 bits per heavy atom. The summed E-state index contributed by atoms with van der Waals surface area (Å²) in [5, 5.41) is 0. The topological polar surface area (TPSA) is 58.6 Å². The molecule has 0 amide bonds. The van der Waals surface area contributed by atoms with Crippen LogP contribution in [-0.4, -0.2) is 34.0 Å². The van der Waals surface area contributed by atoms with Crippen LogP contribution in [0.1, 0.15) is 18.0 Å². The maximum Gasteiger partial charge on any atom is 0.261 e. The highest BCUT2D eigenvalue weighted by Gasteiger charge is 2.23. The van der Waals surface area contributed by atoms with E-state index < -0.39 is 10.0 Å². The number of likely N-dealkylation sites (N-methyl/N-ethyl adjacent to an activating group) is 1. The summed E-state index contributed by atoms with van der Waals surface area (Å²) >= 11 is 3.31. The first-order chi connectivity index (χ1) is 12.4. The third-order valence-corrected chi connectivity index (χ3v) is 6.34.